The Labute approximate surface area is 165 Å². The molecule has 1 fully saturated rings. The molecule has 1 atom stereocenters. The number of carbonyl (C=O) groups excluding carboxylic acids is 1. The molecule has 27 heavy (non-hydrogen) atoms. The molecule has 7 nitrogen and oxygen atoms in total. The maximum absolute atomic E-state index is 12.8. The number of sulfonamides is 1. The standard InChI is InChI=1S/C17H17ClN2O5S2/c18-14-7-8-15(26-14)27(24,25)20-9-3-6-13(20)16(21)19-10-11-4-1-2-5-12(11)17(22)23/h1-2,4-5,7-8,13H,3,6,9-10H2,(H,19,21)(H,22,23)/t13-/m0/s1. The van der Waals surface area contributed by atoms with E-state index >= 15 is 0 Å². The van der Waals surface area contributed by atoms with E-state index in [2.05, 4.69) is 5.32 Å². The van der Waals surface area contributed by atoms with Crippen molar-refractivity contribution < 1.29 is 23.1 Å². The first-order chi connectivity index (χ1) is 12.8. The van der Waals surface area contributed by atoms with Crippen LogP contribution in [-0.4, -0.2) is 42.3 Å². The summed E-state index contributed by atoms with van der Waals surface area (Å²) in [6.07, 6.45) is 0.979. The highest BCUT2D eigenvalue weighted by Gasteiger charge is 2.40. The fourth-order valence-corrected chi connectivity index (χ4v) is 6.29. The zero-order valence-electron chi connectivity index (χ0n) is 14.1. The number of halogens is 1. The lowest BCUT2D eigenvalue weighted by molar-refractivity contribution is -0.124. The Bertz CT molecular complexity index is 973. The Kier molecular flexibility index (Phi) is 5.85. The number of benzene rings is 1. The van der Waals surface area contributed by atoms with Gasteiger partial charge in [0.2, 0.25) is 5.91 Å². The summed E-state index contributed by atoms with van der Waals surface area (Å²) in [5.41, 5.74) is 0.553. The molecule has 0 spiro atoms. The third kappa shape index (κ3) is 4.16. The minimum atomic E-state index is -3.80. The zero-order chi connectivity index (χ0) is 19.6. The molecule has 0 unspecified atom stereocenters. The van der Waals surface area contributed by atoms with Gasteiger partial charge in [-0.25, -0.2) is 13.2 Å². The molecule has 1 aliphatic rings. The van der Waals surface area contributed by atoms with E-state index < -0.39 is 27.9 Å². The van der Waals surface area contributed by atoms with Gasteiger partial charge in [-0.1, -0.05) is 29.8 Å². The second-order valence-corrected chi connectivity index (χ2v) is 9.84. The van der Waals surface area contributed by atoms with E-state index in [4.69, 9.17) is 11.6 Å². The molecule has 2 aromatic rings. The van der Waals surface area contributed by atoms with Crippen LogP contribution in [0.1, 0.15) is 28.8 Å². The van der Waals surface area contributed by atoms with Gasteiger partial charge >= 0.3 is 5.97 Å². The van der Waals surface area contributed by atoms with Gasteiger partial charge in [0, 0.05) is 13.1 Å². The van der Waals surface area contributed by atoms with Crippen molar-refractivity contribution in [2.75, 3.05) is 6.54 Å². The van der Waals surface area contributed by atoms with E-state index in [1.54, 1.807) is 18.2 Å². The highest BCUT2D eigenvalue weighted by atomic mass is 35.5. The second kappa shape index (κ2) is 7.97. The van der Waals surface area contributed by atoms with Crippen LogP contribution in [0.4, 0.5) is 0 Å². The Hall–Kier alpha value is -1.94. The van der Waals surface area contributed by atoms with Crippen LogP contribution < -0.4 is 5.32 Å². The minimum absolute atomic E-state index is 0.0104. The number of hydrogen-bond acceptors (Lipinski definition) is 5. The van der Waals surface area contributed by atoms with E-state index in [0.29, 0.717) is 22.7 Å². The Morgan fingerprint density at radius 1 is 1.26 bits per heavy atom. The van der Waals surface area contributed by atoms with E-state index in [1.807, 2.05) is 0 Å². The van der Waals surface area contributed by atoms with Crippen molar-refractivity contribution >= 4 is 44.8 Å². The summed E-state index contributed by atoms with van der Waals surface area (Å²) < 4.78 is 27.2. The molecule has 1 saturated heterocycles. The maximum atomic E-state index is 12.8. The molecular weight excluding hydrogens is 412 g/mol. The fourth-order valence-electron chi connectivity index (χ4n) is 3.03. The molecule has 3 rings (SSSR count). The number of nitrogens with one attached hydrogen (secondary N) is 1. The number of thiophene rings is 1. The molecule has 1 aromatic carbocycles. The van der Waals surface area contributed by atoms with Gasteiger partial charge in [-0.15, -0.1) is 11.3 Å². The van der Waals surface area contributed by atoms with Gasteiger partial charge in [0.15, 0.2) is 0 Å². The summed E-state index contributed by atoms with van der Waals surface area (Å²) in [6.45, 7) is 0.262. The van der Waals surface area contributed by atoms with Gasteiger partial charge in [0.1, 0.15) is 10.3 Å². The number of amides is 1. The predicted octanol–water partition coefficient (Wildman–Crippen LogP) is 2.57. The topological polar surface area (TPSA) is 104 Å². The summed E-state index contributed by atoms with van der Waals surface area (Å²) in [5, 5.41) is 11.9. The molecule has 0 aliphatic carbocycles. The quantitative estimate of drug-likeness (QED) is 0.735. The molecular formula is C17H17ClN2O5S2. The third-order valence-electron chi connectivity index (χ3n) is 4.32. The van der Waals surface area contributed by atoms with Crippen molar-refractivity contribution in [2.24, 2.45) is 0 Å². The first-order valence-electron chi connectivity index (χ1n) is 8.17. The summed E-state index contributed by atoms with van der Waals surface area (Å²) in [4.78, 5) is 23.9. The molecule has 1 aromatic heterocycles. The highest BCUT2D eigenvalue weighted by Crippen LogP contribution is 2.32. The fraction of sp³-hybridized carbons (Fsp3) is 0.294. The van der Waals surface area contributed by atoms with Gasteiger partial charge in [-0.3, -0.25) is 4.79 Å². The molecule has 2 N–H and O–H groups in total. The number of nitrogens with zero attached hydrogens (tertiary/aromatic N) is 1. The second-order valence-electron chi connectivity index (χ2n) is 6.01. The van der Waals surface area contributed by atoms with Crippen LogP contribution in [0.2, 0.25) is 4.34 Å². The van der Waals surface area contributed by atoms with Crippen LogP contribution in [0.5, 0.6) is 0 Å². The lowest BCUT2D eigenvalue weighted by Crippen LogP contribution is -2.45. The Balaban J connectivity index is 1.74. The normalized spacial score (nSPS) is 17.7. The van der Waals surface area contributed by atoms with Crippen molar-refractivity contribution in [3.05, 3.63) is 51.9 Å². The van der Waals surface area contributed by atoms with Crippen LogP contribution in [0.15, 0.2) is 40.6 Å². The van der Waals surface area contributed by atoms with Crippen molar-refractivity contribution in [3.8, 4) is 0 Å². The van der Waals surface area contributed by atoms with Gasteiger partial charge < -0.3 is 10.4 Å². The molecule has 0 radical (unpaired) electrons. The van der Waals surface area contributed by atoms with Crippen LogP contribution in [0.25, 0.3) is 0 Å². The summed E-state index contributed by atoms with van der Waals surface area (Å²) in [5.74, 6) is -1.53. The lowest BCUT2D eigenvalue weighted by atomic mass is 10.1. The smallest absolute Gasteiger partial charge is 0.336 e. The van der Waals surface area contributed by atoms with Crippen molar-refractivity contribution in [1.29, 1.82) is 0 Å². The Morgan fingerprint density at radius 3 is 2.67 bits per heavy atom. The molecule has 1 amide bonds. The lowest BCUT2D eigenvalue weighted by Gasteiger charge is -2.22. The molecule has 0 saturated carbocycles. The van der Waals surface area contributed by atoms with Crippen molar-refractivity contribution in [3.63, 3.8) is 0 Å². The number of carboxylic acids is 1. The molecule has 0 bridgehead atoms. The first-order valence-corrected chi connectivity index (χ1v) is 10.8. The van der Waals surface area contributed by atoms with E-state index in [1.165, 1.54) is 22.5 Å². The van der Waals surface area contributed by atoms with Crippen molar-refractivity contribution in [2.45, 2.75) is 29.6 Å². The average molecular weight is 429 g/mol. The number of carboxylic acid groups (broad SMARTS) is 1. The average Bonchev–Trinajstić information content (AvgIpc) is 3.29. The van der Waals surface area contributed by atoms with Gasteiger partial charge in [-0.05, 0) is 36.6 Å². The van der Waals surface area contributed by atoms with Crippen LogP contribution >= 0.6 is 22.9 Å². The van der Waals surface area contributed by atoms with E-state index in [9.17, 15) is 23.1 Å². The van der Waals surface area contributed by atoms with Crippen LogP contribution in [0.3, 0.4) is 0 Å². The molecule has 2 heterocycles. The van der Waals surface area contributed by atoms with Crippen molar-refractivity contribution in [1.82, 2.24) is 9.62 Å². The Morgan fingerprint density at radius 2 is 2.00 bits per heavy atom. The number of rotatable bonds is 6. The maximum Gasteiger partial charge on any atom is 0.336 e. The summed E-state index contributed by atoms with van der Waals surface area (Å²) in [6, 6.07) is 8.46. The highest BCUT2D eigenvalue weighted by molar-refractivity contribution is 7.91. The molecule has 144 valence electrons. The first kappa shape index (κ1) is 19.8. The largest absolute Gasteiger partial charge is 0.478 e. The molecule has 1 aliphatic heterocycles. The number of aromatic carboxylic acids is 1. The molecule has 10 heteroatoms. The number of hydrogen-bond donors (Lipinski definition) is 2. The van der Waals surface area contributed by atoms with Crippen LogP contribution in [0, 0.1) is 0 Å². The summed E-state index contributed by atoms with van der Waals surface area (Å²) >= 11 is 6.79. The van der Waals surface area contributed by atoms with Gasteiger partial charge in [0.25, 0.3) is 10.0 Å². The third-order valence-corrected chi connectivity index (χ3v) is 7.93. The summed E-state index contributed by atoms with van der Waals surface area (Å²) in [7, 11) is -3.80. The SMILES string of the molecule is O=C(O)c1ccccc1CNC(=O)[C@@H]1CCCN1S(=O)(=O)c1ccc(Cl)s1. The minimum Gasteiger partial charge on any atom is -0.478 e. The number of carbonyl (C=O) groups is 2. The predicted molar refractivity (Wildman–Crippen MR) is 101 cm³/mol. The van der Waals surface area contributed by atoms with Gasteiger partial charge in [0.05, 0.1) is 9.90 Å². The zero-order valence-corrected chi connectivity index (χ0v) is 16.5. The van der Waals surface area contributed by atoms with E-state index in [-0.39, 0.29) is 22.9 Å². The van der Waals surface area contributed by atoms with E-state index in [0.717, 1.165) is 11.3 Å². The van der Waals surface area contributed by atoms with Gasteiger partial charge in [-0.2, -0.15) is 4.31 Å². The van der Waals surface area contributed by atoms with Crippen LogP contribution in [-0.2, 0) is 21.4 Å². The monoisotopic (exact) mass is 428 g/mol.